The number of halogens is 1. The molecule has 7 heteroatoms. The molecule has 0 saturated heterocycles. The van der Waals surface area contributed by atoms with Crippen LogP contribution in [0.3, 0.4) is 0 Å². The average molecular weight is 279 g/mol. The van der Waals surface area contributed by atoms with Crippen LogP contribution in [-0.2, 0) is 13.2 Å². The van der Waals surface area contributed by atoms with Crippen LogP contribution < -0.4 is 4.74 Å². The smallest absolute Gasteiger partial charge is 0.189 e. The summed E-state index contributed by atoms with van der Waals surface area (Å²) in [6, 6.07) is 8.83. The second-order valence-corrected chi connectivity index (χ2v) is 4.12. The molecule has 1 heterocycles. The van der Waals surface area contributed by atoms with Crippen LogP contribution in [0.4, 0.5) is 0 Å². The topological polar surface area (TPSA) is 84.0 Å². The molecule has 0 aliphatic rings. The van der Waals surface area contributed by atoms with Crippen LogP contribution in [-0.4, -0.2) is 26.7 Å². The van der Waals surface area contributed by atoms with Crippen molar-refractivity contribution in [3.63, 3.8) is 0 Å². The van der Waals surface area contributed by atoms with Crippen LogP contribution >= 0.6 is 11.6 Å². The van der Waals surface area contributed by atoms with Gasteiger partial charge in [-0.3, -0.25) is 0 Å². The summed E-state index contributed by atoms with van der Waals surface area (Å²) >= 11 is 5.78. The number of hydrogen-bond donors (Lipinski definition) is 1. The van der Waals surface area contributed by atoms with Crippen LogP contribution in [0.5, 0.6) is 5.75 Å². The van der Waals surface area contributed by atoms with Gasteiger partial charge in [0.25, 0.3) is 0 Å². The van der Waals surface area contributed by atoms with E-state index in [1.165, 1.54) is 4.68 Å². The molecule has 0 saturated carbocycles. The van der Waals surface area contributed by atoms with Crippen molar-refractivity contribution in [3.05, 3.63) is 40.7 Å². The van der Waals surface area contributed by atoms with Crippen LogP contribution in [0.25, 0.3) is 0 Å². The molecule has 0 bridgehead atoms. The molecule has 0 atom stereocenters. The summed E-state index contributed by atoms with van der Waals surface area (Å²) < 4.78 is 7.00. The second kappa shape index (κ2) is 6.18. The van der Waals surface area contributed by atoms with Crippen molar-refractivity contribution in [3.8, 4) is 11.8 Å². The Balaban J connectivity index is 2.12. The molecular formula is C12H11ClN4O2. The van der Waals surface area contributed by atoms with Crippen molar-refractivity contribution < 1.29 is 9.84 Å². The van der Waals surface area contributed by atoms with Crippen molar-refractivity contribution in [2.75, 3.05) is 6.61 Å². The first-order valence-electron chi connectivity index (χ1n) is 5.56. The first kappa shape index (κ1) is 13.3. The molecule has 0 spiro atoms. The third-order valence-electron chi connectivity index (χ3n) is 2.44. The first-order chi connectivity index (χ1) is 9.24. The van der Waals surface area contributed by atoms with E-state index in [9.17, 15) is 0 Å². The highest BCUT2D eigenvalue weighted by molar-refractivity contribution is 6.30. The van der Waals surface area contributed by atoms with Gasteiger partial charge in [-0.25, -0.2) is 4.68 Å². The van der Waals surface area contributed by atoms with Gasteiger partial charge in [0.1, 0.15) is 24.1 Å². The minimum absolute atomic E-state index is 0.0812. The quantitative estimate of drug-likeness (QED) is 0.893. The molecule has 1 aromatic heterocycles. The second-order valence-electron chi connectivity index (χ2n) is 3.69. The molecule has 0 radical (unpaired) electrons. The Morgan fingerprint density at radius 2 is 2.11 bits per heavy atom. The highest BCUT2D eigenvalue weighted by Gasteiger charge is 2.12. The summed E-state index contributed by atoms with van der Waals surface area (Å²) in [5.41, 5.74) is 0.730. The molecule has 98 valence electrons. The predicted molar refractivity (Wildman–Crippen MR) is 67.6 cm³/mol. The molecule has 2 aromatic rings. The zero-order valence-electron chi connectivity index (χ0n) is 9.95. The SMILES string of the molecule is N#Cc1nnn(CCO)c1COc1ccc(Cl)cc1. The predicted octanol–water partition coefficient (Wildman–Crippen LogP) is 1.37. The number of rotatable bonds is 5. The van der Waals surface area contributed by atoms with Crippen molar-refractivity contribution in [2.24, 2.45) is 0 Å². The average Bonchev–Trinajstić information content (AvgIpc) is 2.81. The van der Waals surface area contributed by atoms with Gasteiger partial charge < -0.3 is 9.84 Å². The lowest BCUT2D eigenvalue weighted by molar-refractivity contribution is 0.252. The van der Waals surface area contributed by atoms with Gasteiger partial charge in [0, 0.05) is 5.02 Å². The summed E-state index contributed by atoms with van der Waals surface area (Å²) in [6.45, 7) is 0.341. The molecule has 2 rings (SSSR count). The van der Waals surface area contributed by atoms with Gasteiger partial charge in [-0.05, 0) is 24.3 Å². The zero-order valence-corrected chi connectivity index (χ0v) is 10.7. The fraction of sp³-hybridized carbons (Fsp3) is 0.250. The Labute approximate surface area is 114 Å². The Hall–Kier alpha value is -2.10. The van der Waals surface area contributed by atoms with Gasteiger partial charge in [-0.15, -0.1) is 5.10 Å². The number of benzene rings is 1. The third-order valence-corrected chi connectivity index (χ3v) is 2.70. The molecular weight excluding hydrogens is 268 g/mol. The fourth-order valence-corrected chi connectivity index (χ4v) is 1.65. The molecule has 1 aromatic carbocycles. The minimum atomic E-state index is -0.0812. The Morgan fingerprint density at radius 1 is 1.37 bits per heavy atom. The van der Waals surface area contributed by atoms with Crippen LogP contribution in [0.2, 0.25) is 5.02 Å². The summed E-state index contributed by atoms with van der Waals surface area (Å²) in [5.74, 6) is 0.630. The number of nitrogens with zero attached hydrogens (tertiary/aromatic N) is 4. The summed E-state index contributed by atoms with van der Waals surface area (Å²) in [5, 5.41) is 26.0. The summed E-state index contributed by atoms with van der Waals surface area (Å²) in [6.07, 6.45) is 0. The van der Waals surface area contributed by atoms with E-state index in [1.807, 2.05) is 6.07 Å². The van der Waals surface area contributed by atoms with Crippen molar-refractivity contribution in [1.29, 1.82) is 5.26 Å². The minimum Gasteiger partial charge on any atom is -0.487 e. The number of aromatic nitrogens is 3. The van der Waals surface area contributed by atoms with Gasteiger partial charge in [-0.2, -0.15) is 5.26 Å². The Bertz CT molecular complexity index is 589. The molecule has 6 nitrogen and oxygen atoms in total. The normalized spacial score (nSPS) is 10.2. The third kappa shape index (κ3) is 3.22. The van der Waals surface area contributed by atoms with E-state index in [2.05, 4.69) is 10.3 Å². The lowest BCUT2D eigenvalue weighted by atomic mass is 10.3. The maximum Gasteiger partial charge on any atom is 0.189 e. The fourth-order valence-electron chi connectivity index (χ4n) is 1.52. The van der Waals surface area contributed by atoms with Gasteiger partial charge in [-0.1, -0.05) is 16.8 Å². The Kier molecular flexibility index (Phi) is 4.34. The van der Waals surface area contributed by atoms with Gasteiger partial charge >= 0.3 is 0 Å². The first-order valence-corrected chi connectivity index (χ1v) is 5.94. The van der Waals surface area contributed by atoms with E-state index in [0.29, 0.717) is 16.5 Å². The number of aliphatic hydroxyl groups excluding tert-OH is 1. The maximum absolute atomic E-state index is 8.93. The molecule has 0 unspecified atom stereocenters. The molecule has 1 N–H and O–H groups in total. The van der Waals surface area contributed by atoms with E-state index >= 15 is 0 Å². The van der Waals surface area contributed by atoms with Crippen LogP contribution in [0.1, 0.15) is 11.4 Å². The highest BCUT2D eigenvalue weighted by atomic mass is 35.5. The lowest BCUT2D eigenvalue weighted by Crippen LogP contribution is -2.11. The summed E-state index contributed by atoms with van der Waals surface area (Å²) in [7, 11) is 0. The molecule has 19 heavy (non-hydrogen) atoms. The Morgan fingerprint density at radius 3 is 2.74 bits per heavy atom. The highest BCUT2D eigenvalue weighted by Crippen LogP contribution is 2.17. The largest absolute Gasteiger partial charge is 0.487 e. The lowest BCUT2D eigenvalue weighted by Gasteiger charge is -2.07. The maximum atomic E-state index is 8.93. The molecule has 0 amide bonds. The van der Waals surface area contributed by atoms with Crippen molar-refractivity contribution in [1.82, 2.24) is 15.0 Å². The monoisotopic (exact) mass is 278 g/mol. The molecule has 0 fully saturated rings. The van der Waals surface area contributed by atoms with Crippen LogP contribution in [0, 0.1) is 11.3 Å². The van der Waals surface area contributed by atoms with Gasteiger partial charge in [0.05, 0.1) is 13.2 Å². The molecule has 0 aliphatic heterocycles. The van der Waals surface area contributed by atoms with Gasteiger partial charge in [0.15, 0.2) is 5.69 Å². The van der Waals surface area contributed by atoms with E-state index in [0.717, 1.165) is 0 Å². The number of aliphatic hydroxyl groups is 1. The van der Waals surface area contributed by atoms with E-state index < -0.39 is 0 Å². The number of nitriles is 1. The van der Waals surface area contributed by atoms with E-state index in [-0.39, 0.29) is 25.5 Å². The number of hydrogen-bond acceptors (Lipinski definition) is 5. The van der Waals surface area contributed by atoms with Crippen molar-refractivity contribution in [2.45, 2.75) is 13.2 Å². The zero-order chi connectivity index (χ0) is 13.7. The standard InChI is InChI=1S/C12H11ClN4O2/c13-9-1-3-10(4-2-9)19-8-12-11(7-14)15-16-17(12)5-6-18/h1-4,18H,5-6,8H2. The number of ether oxygens (including phenoxy) is 1. The van der Waals surface area contributed by atoms with E-state index in [1.54, 1.807) is 24.3 Å². The van der Waals surface area contributed by atoms with E-state index in [4.69, 9.17) is 26.7 Å². The van der Waals surface area contributed by atoms with Gasteiger partial charge in [0.2, 0.25) is 0 Å². The molecule has 0 aliphatic carbocycles. The van der Waals surface area contributed by atoms with Crippen LogP contribution in [0.15, 0.2) is 24.3 Å². The van der Waals surface area contributed by atoms with Crippen molar-refractivity contribution >= 4 is 11.6 Å². The summed E-state index contributed by atoms with van der Waals surface area (Å²) in [4.78, 5) is 0.